The van der Waals surface area contributed by atoms with Crippen molar-refractivity contribution in [3.05, 3.63) is 46.8 Å². The molecule has 0 aliphatic heterocycles. The van der Waals surface area contributed by atoms with Crippen LogP contribution >= 0.6 is 0 Å². The topological polar surface area (TPSA) is 50.1 Å². The Balaban J connectivity index is 1.99. The number of nitrogens with one attached hydrogen (secondary N) is 1. The Labute approximate surface area is 107 Å². The Morgan fingerprint density at radius 1 is 1.22 bits per heavy atom. The van der Waals surface area contributed by atoms with Crippen LogP contribution in [-0.4, -0.2) is 14.9 Å². The van der Waals surface area contributed by atoms with Gasteiger partial charge in [-0.3, -0.25) is 4.68 Å². The number of hydrogen-bond acceptors (Lipinski definition) is 3. The fourth-order valence-electron chi connectivity index (χ4n) is 2.06. The first kappa shape index (κ1) is 12.6. The summed E-state index contributed by atoms with van der Waals surface area (Å²) in [5, 5.41) is 17.4. The van der Waals surface area contributed by atoms with E-state index < -0.39 is 0 Å². The fraction of sp³-hybridized carbons (Fsp3) is 0.357. The fourth-order valence-corrected chi connectivity index (χ4v) is 2.06. The Morgan fingerprint density at radius 3 is 2.56 bits per heavy atom. The van der Waals surface area contributed by atoms with Crippen LogP contribution in [0.15, 0.2) is 24.3 Å². The second kappa shape index (κ2) is 5.23. The van der Waals surface area contributed by atoms with Crippen LogP contribution in [0.25, 0.3) is 0 Å². The highest BCUT2D eigenvalue weighted by Gasteiger charge is 2.08. The van der Waals surface area contributed by atoms with E-state index in [4.69, 9.17) is 0 Å². The number of hydrogen-bond donors (Lipinski definition) is 2. The first-order valence-corrected chi connectivity index (χ1v) is 6.06. The van der Waals surface area contributed by atoms with Gasteiger partial charge in [0, 0.05) is 37.0 Å². The Kier molecular flexibility index (Phi) is 3.67. The number of rotatable bonds is 4. The molecule has 0 amide bonds. The van der Waals surface area contributed by atoms with Crippen molar-refractivity contribution in [3.63, 3.8) is 0 Å². The van der Waals surface area contributed by atoms with Crippen LogP contribution in [0.2, 0.25) is 0 Å². The number of nitrogens with zero attached hydrogens (tertiary/aromatic N) is 2. The van der Waals surface area contributed by atoms with Crippen molar-refractivity contribution in [1.29, 1.82) is 0 Å². The Morgan fingerprint density at radius 2 is 1.94 bits per heavy atom. The summed E-state index contributed by atoms with van der Waals surface area (Å²) in [4.78, 5) is 0. The van der Waals surface area contributed by atoms with E-state index in [9.17, 15) is 5.11 Å². The number of aromatic nitrogens is 2. The predicted molar refractivity (Wildman–Crippen MR) is 71.3 cm³/mol. The summed E-state index contributed by atoms with van der Waals surface area (Å²) in [7, 11) is 1.95. The van der Waals surface area contributed by atoms with Crippen molar-refractivity contribution in [3.8, 4) is 5.75 Å². The van der Waals surface area contributed by atoms with Crippen molar-refractivity contribution in [2.75, 3.05) is 0 Å². The lowest BCUT2D eigenvalue weighted by atomic mass is 10.1. The predicted octanol–water partition coefficient (Wildman–Crippen LogP) is 2.03. The third kappa shape index (κ3) is 2.54. The SMILES string of the molecule is Cc1nn(C)c(C)c1CNCc1ccccc1O. The third-order valence-corrected chi connectivity index (χ3v) is 3.27. The number of aromatic hydroxyl groups is 1. The quantitative estimate of drug-likeness (QED) is 0.866. The van der Waals surface area contributed by atoms with Crippen molar-refractivity contribution in [2.45, 2.75) is 26.9 Å². The van der Waals surface area contributed by atoms with E-state index in [-0.39, 0.29) is 0 Å². The molecule has 0 bridgehead atoms. The van der Waals surface area contributed by atoms with Crippen LogP contribution in [0.3, 0.4) is 0 Å². The summed E-state index contributed by atoms with van der Waals surface area (Å²) in [6.07, 6.45) is 0. The van der Waals surface area contributed by atoms with Gasteiger partial charge in [0.05, 0.1) is 5.69 Å². The molecule has 18 heavy (non-hydrogen) atoms. The van der Waals surface area contributed by atoms with Gasteiger partial charge in [-0.25, -0.2) is 0 Å². The largest absolute Gasteiger partial charge is 0.508 e. The summed E-state index contributed by atoms with van der Waals surface area (Å²) in [5.41, 5.74) is 4.38. The van der Waals surface area contributed by atoms with Gasteiger partial charge < -0.3 is 10.4 Å². The van der Waals surface area contributed by atoms with E-state index in [1.807, 2.05) is 36.9 Å². The van der Waals surface area contributed by atoms with E-state index >= 15 is 0 Å². The van der Waals surface area contributed by atoms with Gasteiger partial charge in [-0.15, -0.1) is 0 Å². The number of aryl methyl sites for hydroxylation is 2. The third-order valence-electron chi connectivity index (χ3n) is 3.27. The number of phenols is 1. The molecule has 1 heterocycles. The van der Waals surface area contributed by atoms with Crippen LogP contribution in [0.4, 0.5) is 0 Å². The highest BCUT2D eigenvalue weighted by atomic mass is 16.3. The Hall–Kier alpha value is -1.81. The molecule has 2 rings (SSSR count). The molecule has 2 N–H and O–H groups in total. The average Bonchev–Trinajstić information content (AvgIpc) is 2.58. The molecule has 0 unspecified atom stereocenters. The van der Waals surface area contributed by atoms with E-state index in [0.717, 1.165) is 17.8 Å². The zero-order chi connectivity index (χ0) is 13.1. The second-order valence-corrected chi connectivity index (χ2v) is 4.51. The number of phenolic OH excluding ortho intramolecular Hbond substituents is 1. The van der Waals surface area contributed by atoms with Crippen LogP contribution in [0, 0.1) is 13.8 Å². The van der Waals surface area contributed by atoms with E-state index in [2.05, 4.69) is 17.3 Å². The van der Waals surface area contributed by atoms with Crippen molar-refractivity contribution in [2.24, 2.45) is 7.05 Å². The molecule has 0 radical (unpaired) electrons. The molecule has 0 aliphatic carbocycles. The lowest BCUT2D eigenvalue weighted by Gasteiger charge is -2.07. The average molecular weight is 245 g/mol. The van der Waals surface area contributed by atoms with Crippen LogP contribution in [0.1, 0.15) is 22.5 Å². The molecule has 0 fully saturated rings. The molecule has 0 saturated carbocycles. The molecular weight excluding hydrogens is 226 g/mol. The minimum absolute atomic E-state index is 0.338. The summed E-state index contributed by atoms with van der Waals surface area (Å²) in [6.45, 7) is 5.50. The summed E-state index contributed by atoms with van der Waals surface area (Å²) >= 11 is 0. The van der Waals surface area contributed by atoms with E-state index in [0.29, 0.717) is 12.3 Å². The highest BCUT2D eigenvalue weighted by molar-refractivity contribution is 5.31. The van der Waals surface area contributed by atoms with E-state index in [1.165, 1.54) is 11.3 Å². The first-order chi connectivity index (χ1) is 8.59. The summed E-state index contributed by atoms with van der Waals surface area (Å²) < 4.78 is 1.90. The highest BCUT2D eigenvalue weighted by Crippen LogP contribution is 2.16. The van der Waals surface area contributed by atoms with Gasteiger partial charge in [0.1, 0.15) is 5.75 Å². The maximum atomic E-state index is 9.66. The van der Waals surface area contributed by atoms with Crippen LogP contribution in [-0.2, 0) is 20.1 Å². The molecule has 1 aromatic heterocycles. The molecule has 4 heteroatoms. The zero-order valence-electron chi connectivity index (χ0n) is 11.1. The zero-order valence-corrected chi connectivity index (χ0v) is 11.1. The molecule has 0 spiro atoms. The number of benzene rings is 1. The van der Waals surface area contributed by atoms with Crippen LogP contribution in [0.5, 0.6) is 5.75 Å². The molecule has 2 aromatic rings. The van der Waals surface area contributed by atoms with Crippen molar-refractivity contribution >= 4 is 0 Å². The molecule has 0 aliphatic rings. The smallest absolute Gasteiger partial charge is 0.120 e. The molecule has 4 nitrogen and oxygen atoms in total. The first-order valence-electron chi connectivity index (χ1n) is 6.06. The number of para-hydroxylation sites is 1. The van der Waals surface area contributed by atoms with Gasteiger partial charge in [0.25, 0.3) is 0 Å². The summed E-state index contributed by atoms with van der Waals surface area (Å²) in [6, 6.07) is 7.38. The van der Waals surface area contributed by atoms with Gasteiger partial charge in [-0.05, 0) is 19.9 Å². The standard InChI is InChI=1S/C14H19N3O/c1-10-13(11(2)17(3)16-10)9-15-8-12-6-4-5-7-14(12)18/h4-7,15,18H,8-9H2,1-3H3. The molecular formula is C14H19N3O. The Bertz CT molecular complexity index is 546. The van der Waals surface area contributed by atoms with E-state index in [1.54, 1.807) is 6.07 Å². The van der Waals surface area contributed by atoms with Gasteiger partial charge in [0.2, 0.25) is 0 Å². The monoisotopic (exact) mass is 245 g/mol. The van der Waals surface area contributed by atoms with Crippen LogP contribution < -0.4 is 5.32 Å². The van der Waals surface area contributed by atoms with Crippen molar-refractivity contribution in [1.82, 2.24) is 15.1 Å². The van der Waals surface area contributed by atoms with Gasteiger partial charge >= 0.3 is 0 Å². The maximum Gasteiger partial charge on any atom is 0.120 e. The maximum absolute atomic E-state index is 9.66. The molecule has 1 aromatic carbocycles. The minimum Gasteiger partial charge on any atom is -0.508 e. The second-order valence-electron chi connectivity index (χ2n) is 4.51. The van der Waals surface area contributed by atoms with Gasteiger partial charge in [-0.2, -0.15) is 5.10 Å². The molecule has 0 atom stereocenters. The lowest BCUT2D eigenvalue weighted by molar-refractivity contribution is 0.464. The van der Waals surface area contributed by atoms with Gasteiger partial charge in [-0.1, -0.05) is 18.2 Å². The normalized spacial score (nSPS) is 10.8. The van der Waals surface area contributed by atoms with Crippen molar-refractivity contribution < 1.29 is 5.11 Å². The summed E-state index contributed by atoms with van der Waals surface area (Å²) in [5.74, 6) is 0.338. The minimum atomic E-state index is 0.338. The molecule has 0 saturated heterocycles. The lowest BCUT2D eigenvalue weighted by Crippen LogP contribution is -2.14. The molecule has 96 valence electrons. The van der Waals surface area contributed by atoms with Gasteiger partial charge in [0.15, 0.2) is 0 Å².